The van der Waals surface area contributed by atoms with Gasteiger partial charge in [-0.3, -0.25) is 0 Å². The highest BCUT2D eigenvalue weighted by molar-refractivity contribution is 7.98. The van der Waals surface area contributed by atoms with Crippen molar-refractivity contribution in [2.75, 3.05) is 0 Å². The van der Waals surface area contributed by atoms with Gasteiger partial charge in [0, 0.05) is 4.90 Å². The van der Waals surface area contributed by atoms with Gasteiger partial charge in [0.25, 0.3) is 5.89 Å². The molecule has 0 aliphatic carbocycles. The molecule has 0 saturated heterocycles. The van der Waals surface area contributed by atoms with Crippen LogP contribution < -0.4 is 0 Å². The van der Waals surface area contributed by atoms with Crippen molar-refractivity contribution in [3.8, 4) is 16.5 Å². The maximum atomic E-state index is 9.20. The highest BCUT2D eigenvalue weighted by atomic mass is 32.2. The molecule has 19 heavy (non-hydrogen) atoms. The Balaban J connectivity index is 1.66. The Bertz CT molecular complexity index is 648. The normalized spacial score (nSPS) is 10.7. The minimum atomic E-state index is 0.266. The highest BCUT2D eigenvalue weighted by Crippen LogP contribution is 2.27. The number of aromatic hydroxyl groups is 1. The Labute approximate surface area is 118 Å². The second-order valence-electron chi connectivity index (χ2n) is 3.76. The van der Waals surface area contributed by atoms with Crippen LogP contribution in [0.2, 0.25) is 0 Å². The lowest BCUT2D eigenvalue weighted by Gasteiger charge is -1.98. The van der Waals surface area contributed by atoms with Gasteiger partial charge < -0.3 is 9.52 Å². The Kier molecular flexibility index (Phi) is 3.52. The Morgan fingerprint density at radius 2 is 2.00 bits per heavy atom. The van der Waals surface area contributed by atoms with E-state index in [9.17, 15) is 5.11 Å². The highest BCUT2D eigenvalue weighted by Gasteiger charge is 2.09. The number of hydrogen-bond acceptors (Lipinski definition) is 6. The summed E-state index contributed by atoms with van der Waals surface area (Å²) in [5.74, 6) is 2.04. The van der Waals surface area contributed by atoms with Gasteiger partial charge in [0.15, 0.2) is 0 Å². The van der Waals surface area contributed by atoms with E-state index in [1.54, 1.807) is 35.2 Å². The maximum Gasteiger partial charge on any atom is 0.257 e. The molecule has 0 unspecified atom stereocenters. The second kappa shape index (κ2) is 5.46. The Morgan fingerprint density at radius 1 is 1.16 bits per heavy atom. The fraction of sp³-hybridized carbons (Fsp3) is 0.0769. The third kappa shape index (κ3) is 2.97. The van der Waals surface area contributed by atoms with E-state index in [-0.39, 0.29) is 5.75 Å². The summed E-state index contributed by atoms with van der Waals surface area (Å²) in [5, 5.41) is 19.2. The lowest BCUT2D eigenvalue weighted by atomic mass is 10.3. The molecule has 6 heteroatoms. The predicted molar refractivity (Wildman–Crippen MR) is 75.3 cm³/mol. The van der Waals surface area contributed by atoms with Crippen molar-refractivity contribution >= 4 is 23.1 Å². The number of phenolic OH excluding ortho intramolecular Hbond substituents is 1. The molecular formula is C13H10N2O2S2. The summed E-state index contributed by atoms with van der Waals surface area (Å²) in [6.07, 6.45) is 0. The van der Waals surface area contributed by atoms with Crippen molar-refractivity contribution in [3.63, 3.8) is 0 Å². The predicted octanol–water partition coefficient (Wildman–Crippen LogP) is 3.80. The van der Waals surface area contributed by atoms with E-state index in [4.69, 9.17) is 4.42 Å². The van der Waals surface area contributed by atoms with Crippen LogP contribution in [-0.4, -0.2) is 15.3 Å². The molecule has 0 aliphatic heterocycles. The SMILES string of the molecule is Oc1ccc(SCc2nnc(-c3cccs3)o2)cc1. The van der Waals surface area contributed by atoms with Crippen molar-refractivity contribution < 1.29 is 9.52 Å². The average Bonchev–Trinajstić information content (AvgIpc) is 3.09. The number of thioether (sulfide) groups is 1. The van der Waals surface area contributed by atoms with E-state index in [1.165, 1.54) is 0 Å². The zero-order valence-electron chi connectivity index (χ0n) is 9.81. The summed E-state index contributed by atoms with van der Waals surface area (Å²) >= 11 is 3.16. The average molecular weight is 290 g/mol. The van der Waals surface area contributed by atoms with Crippen molar-refractivity contribution in [2.24, 2.45) is 0 Å². The van der Waals surface area contributed by atoms with Gasteiger partial charge in [-0.25, -0.2) is 0 Å². The quantitative estimate of drug-likeness (QED) is 0.741. The number of rotatable bonds is 4. The molecule has 0 spiro atoms. The topological polar surface area (TPSA) is 59.2 Å². The summed E-state index contributed by atoms with van der Waals surface area (Å²) < 4.78 is 5.59. The van der Waals surface area contributed by atoms with E-state index >= 15 is 0 Å². The van der Waals surface area contributed by atoms with Crippen molar-refractivity contribution in [2.45, 2.75) is 10.6 Å². The molecule has 0 saturated carbocycles. The van der Waals surface area contributed by atoms with Gasteiger partial charge >= 0.3 is 0 Å². The summed E-state index contributed by atoms with van der Waals surface area (Å²) in [4.78, 5) is 2.03. The number of thiophene rings is 1. The fourth-order valence-corrected chi connectivity index (χ4v) is 2.88. The fourth-order valence-electron chi connectivity index (χ4n) is 1.50. The molecule has 1 aromatic carbocycles. The van der Waals surface area contributed by atoms with Gasteiger partial charge in [-0.15, -0.1) is 33.3 Å². The molecule has 2 aromatic heterocycles. The van der Waals surface area contributed by atoms with E-state index < -0.39 is 0 Å². The zero-order valence-corrected chi connectivity index (χ0v) is 11.4. The molecular weight excluding hydrogens is 280 g/mol. The van der Waals surface area contributed by atoms with Crippen LogP contribution in [0.25, 0.3) is 10.8 Å². The van der Waals surface area contributed by atoms with Crippen LogP contribution in [0, 0.1) is 0 Å². The Morgan fingerprint density at radius 3 is 2.74 bits per heavy atom. The van der Waals surface area contributed by atoms with Gasteiger partial charge in [0.1, 0.15) is 5.75 Å². The first-order valence-electron chi connectivity index (χ1n) is 5.59. The third-order valence-corrected chi connectivity index (χ3v) is 4.25. The number of nitrogens with zero attached hydrogens (tertiary/aromatic N) is 2. The summed E-state index contributed by atoms with van der Waals surface area (Å²) in [6, 6.07) is 10.9. The molecule has 0 bridgehead atoms. The molecule has 0 aliphatic rings. The second-order valence-corrected chi connectivity index (χ2v) is 5.76. The summed E-state index contributed by atoms with van der Waals surface area (Å²) in [5.41, 5.74) is 0. The van der Waals surface area contributed by atoms with Crippen molar-refractivity contribution in [1.82, 2.24) is 10.2 Å². The van der Waals surface area contributed by atoms with E-state index in [2.05, 4.69) is 10.2 Å². The van der Waals surface area contributed by atoms with Crippen LogP contribution in [0.1, 0.15) is 5.89 Å². The minimum absolute atomic E-state index is 0.266. The molecule has 0 fully saturated rings. The van der Waals surface area contributed by atoms with Crippen LogP contribution in [0.15, 0.2) is 51.1 Å². The summed E-state index contributed by atoms with van der Waals surface area (Å²) in [6.45, 7) is 0. The van der Waals surface area contributed by atoms with Gasteiger partial charge in [-0.1, -0.05) is 6.07 Å². The van der Waals surface area contributed by atoms with E-state index in [0.29, 0.717) is 17.5 Å². The summed E-state index contributed by atoms with van der Waals surface area (Å²) in [7, 11) is 0. The number of hydrogen-bond donors (Lipinski definition) is 1. The smallest absolute Gasteiger partial charge is 0.257 e. The monoisotopic (exact) mass is 290 g/mol. The standard InChI is InChI=1S/C13H10N2O2S2/c16-9-3-5-10(6-4-9)19-8-12-14-15-13(17-12)11-2-1-7-18-11/h1-7,16H,8H2. The molecule has 0 atom stereocenters. The van der Waals surface area contributed by atoms with Crippen LogP contribution in [-0.2, 0) is 5.75 Å². The largest absolute Gasteiger partial charge is 0.508 e. The van der Waals surface area contributed by atoms with Crippen LogP contribution in [0.4, 0.5) is 0 Å². The van der Waals surface area contributed by atoms with Crippen LogP contribution in [0.5, 0.6) is 5.75 Å². The number of aromatic nitrogens is 2. The molecule has 1 N–H and O–H groups in total. The van der Waals surface area contributed by atoms with E-state index in [1.807, 2.05) is 29.6 Å². The molecule has 96 valence electrons. The van der Waals surface area contributed by atoms with Gasteiger partial charge in [-0.2, -0.15) is 0 Å². The molecule has 0 radical (unpaired) electrons. The first-order chi connectivity index (χ1) is 9.31. The van der Waals surface area contributed by atoms with Crippen molar-refractivity contribution in [1.29, 1.82) is 0 Å². The molecule has 0 amide bonds. The van der Waals surface area contributed by atoms with E-state index in [0.717, 1.165) is 9.77 Å². The maximum absolute atomic E-state index is 9.20. The number of benzene rings is 1. The lowest BCUT2D eigenvalue weighted by Crippen LogP contribution is -1.80. The molecule has 4 nitrogen and oxygen atoms in total. The first kappa shape index (κ1) is 12.3. The molecule has 2 heterocycles. The first-order valence-corrected chi connectivity index (χ1v) is 7.46. The molecule has 3 rings (SSSR count). The third-order valence-electron chi connectivity index (χ3n) is 2.40. The molecule has 3 aromatic rings. The van der Waals surface area contributed by atoms with Gasteiger partial charge in [0.05, 0.1) is 10.6 Å². The van der Waals surface area contributed by atoms with Gasteiger partial charge in [0.2, 0.25) is 5.89 Å². The Hall–Kier alpha value is -1.79. The zero-order chi connectivity index (χ0) is 13.1. The minimum Gasteiger partial charge on any atom is -0.508 e. The number of phenols is 1. The lowest BCUT2D eigenvalue weighted by molar-refractivity contribution is 0.475. The van der Waals surface area contributed by atoms with Crippen molar-refractivity contribution in [3.05, 3.63) is 47.7 Å². The van der Waals surface area contributed by atoms with Gasteiger partial charge in [-0.05, 0) is 35.7 Å². The van der Waals surface area contributed by atoms with Crippen LogP contribution in [0.3, 0.4) is 0 Å². The van der Waals surface area contributed by atoms with Crippen LogP contribution >= 0.6 is 23.1 Å².